The summed E-state index contributed by atoms with van der Waals surface area (Å²) >= 11 is 0. The number of hydrogen-bond donors (Lipinski definition) is 0. The molecule has 0 saturated heterocycles. The molecular formula is C17H22N4O3. The SMILES string of the molecule is COC(=O)CCCN(C)C(=O)c1nnn(-c2cccc(C)c2)c1C. The van der Waals surface area contributed by atoms with Crippen LogP contribution in [0.2, 0.25) is 0 Å². The van der Waals surface area contributed by atoms with Crippen molar-refractivity contribution in [1.82, 2.24) is 19.9 Å². The predicted octanol–water partition coefficient (Wildman–Crippen LogP) is 1.91. The number of hydrogen-bond acceptors (Lipinski definition) is 5. The molecule has 24 heavy (non-hydrogen) atoms. The highest BCUT2D eigenvalue weighted by Gasteiger charge is 2.20. The van der Waals surface area contributed by atoms with Crippen molar-refractivity contribution in [2.45, 2.75) is 26.7 Å². The lowest BCUT2D eigenvalue weighted by Gasteiger charge is -2.15. The molecule has 7 nitrogen and oxygen atoms in total. The first kappa shape index (κ1) is 17.7. The topological polar surface area (TPSA) is 77.3 Å². The maximum Gasteiger partial charge on any atom is 0.305 e. The Morgan fingerprint density at radius 1 is 1.29 bits per heavy atom. The van der Waals surface area contributed by atoms with Gasteiger partial charge in [-0.25, -0.2) is 4.68 Å². The van der Waals surface area contributed by atoms with Gasteiger partial charge in [0.1, 0.15) is 0 Å². The highest BCUT2D eigenvalue weighted by atomic mass is 16.5. The average molecular weight is 330 g/mol. The Bertz CT molecular complexity index is 739. The number of nitrogens with zero attached hydrogens (tertiary/aromatic N) is 4. The van der Waals surface area contributed by atoms with E-state index in [1.165, 1.54) is 7.11 Å². The van der Waals surface area contributed by atoms with Crippen molar-refractivity contribution in [2.24, 2.45) is 0 Å². The van der Waals surface area contributed by atoms with Crippen LogP contribution in [0.1, 0.15) is 34.6 Å². The zero-order valence-electron chi connectivity index (χ0n) is 14.4. The molecule has 0 fully saturated rings. The molecular weight excluding hydrogens is 308 g/mol. The van der Waals surface area contributed by atoms with Gasteiger partial charge in [-0.3, -0.25) is 9.59 Å². The molecule has 2 rings (SSSR count). The van der Waals surface area contributed by atoms with Crippen molar-refractivity contribution in [3.8, 4) is 5.69 Å². The van der Waals surface area contributed by atoms with Crippen molar-refractivity contribution in [1.29, 1.82) is 0 Å². The van der Waals surface area contributed by atoms with E-state index in [0.29, 0.717) is 24.4 Å². The van der Waals surface area contributed by atoms with Gasteiger partial charge in [0.25, 0.3) is 5.91 Å². The average Bonchev–Trinajstić information content (AvgIpc) is 2.95. The van der Waals surface area contributed by atoms with Crippen molar-refractivity contribution >= 4 is 11.9 Å². The Hall–Kier alpha value is -2.70. The van der Waals surface area contributed by atoms with Gasteiger partial charge in [-0.1, -0.05) is 17.3 Å². The molecule has 2 aromatic rings. The zero-order valence-corrected chi connectivity index (χ0v) is 14.4. The summed E-state index contributed by atoms with van der Waals surface area (Å²) in [7, 11) is 3.04. The van der Waals surface area contributed by atoms with E-state index >= 15 is 0 Å². The number of carbonyl (C=O) groups excluding carboxylic acids is 2. The van der Waals surface area contributed by atoms with E-state index in [9.17, 15) is 9.59 Å². The zero-order chi connectivity index (χ0) is 17.7. The molecule has 0 radical (unpaired) electrons. The van der Waals surface area contributed by atoms with Gasteiger partial charge in [0.2, 0.25) is 0 Å². The summed E-state index contributed by atoms with van der Waals surface area (Å²) in [4.78, 5) is 25.2. The molecule has 1 heterocycles. The van der Waals surface area contributed by atoms with Crippen LogP contribution in [0.5, 0.6) is 0 Å². The normalized spacial score (nSPS) is 10.5. The number of rotatable bonds is 6. The molecule has 128 valence electrons. The van der Waals surface area contributed by atoms with Gasteiger partial charge in [0, 0.05) is 20.0 Å². The maximum atomic E-state index is 12.5. The Morgan fingerprint density at radius 2 is 2.04 bits per heavy atom. The van der Waals surface area contributed by atoms with Crippen LogP contribution >= 0.6 is 0 Å². The van der Waals surface area contributed by atoms with Crippen LogP contribution in [0.15, 0.2) is 24.3 Å². The number of methoxy groups -OCH3 is 1. The largest absolute Gasteiger partial charge is 0.469 e. The van der Waals surface area contributed by atoms with E-state index < -0.39 is 0 Å². The second kappa shape index (κ2) is 7.72. The number of ether oxygens (including phenoxy) is 1. The van der Waals surface area contributed by atoms with Crippen LogP contribution in [0.3, 0.4) is 0 Å². The number of amides is 1. The first-order valence-corrected chi connectivity index (χ1v) is 7.75. The molecule has 0 unspecified atom stereocenters. The van der Waals surface area contributed by atoms with Gasteiger partial charge in [0.15, 0.2) is 5.69 Å². The monoisotopic (exact) mass is 330 g/mol. The molecule has 0 aliphatic heterocycles. The molecule has 0 aliphatic rings. The van der Waals surface area contributed by atoms with Gasteiger partial charge in [-0.05, 0) is 38.0 Å². The second-order valence-electron chi connectivity index (χ2n) is 5.68. The first-order chi connectivity index (χ1) is 11.4. The minimum Gasteiger partial charge on any atom is -0.469 e. The molecule has 1 aromatic carbocycles. The molecule has 1 aromatic heterocycles. The second-order valence-corrected chi connectivity index (χ2v) is 5.68. The molecule has 1 amide bonds. The summed E-state index contributed by atoms with van der Waals surface area (Å²) in [5.74, 6) is -0.492. The molecule has 0 bridgehead atoms. The van der Waals surface area contributed by atoms with Crippen LogP contribution in [0, 0.1) is 13.8 Å². The maximum absolute atomic E-state index is 12.5. The first-order valence-electron chi connectivity index (χ1n) is 7.75. The van der Waals surface area contributed by atoms with E-state index in [1.54, 1.807) is 16.6 Å². The summed E-state index contributed by atoms with van der Waals surface area (Å²) in [5.41, 5.74) is 2.98. The van der Waals surface area contributed by atoms with Gasteiger partial charge in [-0.15, -0.1) is 5.10 Å². The lowest BCUT2D eigenvalue weighted by atomic mass is 10.2. The fourth-order valence-electron chi connectivity index (χ4n) is 2.38. The van der Waals surface area contributed by atoms with Gasteiger partial charge in [0.05, 0.1) is 18.5 Å². The molecule has 0 spiro atoms. The Labute approximate surface area is 141 Å². The summed E-state index contributed by atoms with van der Waals surface area (Å²) in [5, 5.41) is 8.13. The number of aryl methyl sites for hydroxylation is 1. The summed E-state index contributed by atoms with van der Waals surface area (Å²) in [6.45, 7) is 4.26. The number of carbonyl (C=O) groups is 2. The quantitative estimate of drug-likeness (QED) is 0.756. The molecule has 0 atom stereocenters. The standard InChI is InChI=1S/C17H22N4O3/c1-12-7-5-8-14(11-12)21-13(2)16(18-19-21)17(23)20(3)10-6-9-15(22)24-4/h5,7-8,11H,6,9-10H2,1-4H3. The Kier molecular flexibility index (Phi) is 5.68. The van der Waals surface area contributed by atoms with E-state index in [2.05, 4.69) is 15.0 Å². The smallest absolute Gasteiger partial charge is 0.305 e. The number of esters is 1. The van der Waals surface area contributed by atoms with E-state index in [0.717, 1.165) is 11.3 Å². The third-order valence-corrected chi connectivity index (χ3v) is 3.79. The van der Waals surface area contributed by atoms with Crippen LogP contribution < -0.4 is 0 Å². The minimum absolute atomic E-state index is 0.212. The van der Waals surface area contributed by atoms with Gasteiger partial charge < -0.3 is 9.64 Å². The van der Waals surface area contributed by atoms with Crippen molar-refractivity contribution < 1.29 is 14.3 Å². The van der Waals surface area contributed by atoms with Crippen LogP contribution in [0.4, 0.5) is 0 Å². The predicted molar refractivity (Wildman–Crippen MR) is 89.0 cm³/mol. The lowest BCUT2D eigenvalue weighted by Crippen LogP contribution is -2.29. The van der Waals surface area contributed by atoms with Gasteiger partial charge >= 0.3 is 5.97 Å². The van der Waals surface area contributed by atoms with Crippen LogP contribution in [-0.4, -0.2) is 52.5 Å². The summed E-state index contributed by atoms with van der Waals surface area (Å²) in [6.07, 6.45) is 0.822. The third kappa shape index (κ3) is 3.98. The van der Waals surface area contributed by atoms with Crippen molar-refractivity contribution in [3.63, 3.8) is 0 Å². The Balaban J connectivity index is 2.09. The summed E-state index contributed by atoms with van der Waals surface area (Å²) in [6, 6.07) is 7.84. The highest BCUT2D eigenvalue weighted by molar-refractivity contribution is 5.93. The number of benzene rings is 1. The highest BCUT2D eigenvalue weighted by Crippen LogP contribution is 2.15. The van der Waals surface area contributed by atoms with Gasteiger partial charge in [-0.2, -0.15) is 0 Å². The van der Waals surface area contributed by atoms with Crippen LogP contribution in [0.25, 0.3) is 5.69 Å². The van der Waals surface area contributed by atoms with E-state index in [4.69, 9.17) is 0 Å². The third-order valence-electron chi connectivity index (χ3n) is 3.79. The lowest BCUT2D eigenvalue weighted by molar-refractivity contribution is -0.140. The van der Waals surface area contributed by atoms with E-state index in [-0.39, 0.29) is 18.3 Å². The number of aromatic nitrogens is 3. The van der Waals surface area contributed by atoms with E-state index in [1.807, 2.05) is 38.1 Å². The molecule has 0 saturated carbocycles. The minimum atomic E-state index is -0.280. The molecule has 7 heteroatoms. The molecule has 0 aliphatic carbocycles. The van der Waals surface area contributed by atoms with Crippen LogP contribution in [-0.2, 0) is 9.53 Å². The fourth-order valence-corrected chi connectivity index (χ4v) is 2.38. The molecule has 0 N–H and O–H groups in total. The fraction of sp³-hybridized carbons (Fsp3) is 0.412. The van der Waals surface area contributed by atoms with Crippen molar-refractivity contribution in [3.05, 3.63) is 41.2 Å². The van der Waals surface area contributed by atoms with Crippen molar-refractivity contribution in [2.75, 3.05) is 20.7 Å². The Morgan fingerprint density at radius 3 is 2.71 bits per heavy atom. The summed E-state index contributed by atoms with van der Waals surface area (Å²) < 4.78 is 6.25.